The van der Waals surface area contributed by atoms with E-state index in [-0.39, 0.29) is 43.5 Å². The first-order chi connectivity index (χ1) is 28.5. The number of benzene rings is 4. The van der Waals surface area contributed by atoms with E-state index in [0.29, 0.717) is 28.3 Å². The van der Waals surface area contributed by atoms with Gasteiger partial charge in [0, 0.05) is 35.8 Å². The Morgan fingerprint density at radius 2 is 1.07 bits per heavy atom. The third kappa shape index (κ3) is 10.8. The lowest BCUT2D eigenvalue weighted by Gasteiger charge is -2.16. The summed E-state index contributed by atoms with van der Waals surface area (Å²) >= 11 is 13.2. The maximum atomic E-state index is 13.3. The van der Waals surface area contributed by atoms with Crippen molar-refractivity contribution in [2.24, 2.45) is 0 Å². The van der Waals surface area contributed by atoms with Crippen molar-refractivity contribution in [3.8, 4) is 22.6 Å². The molecule has 2 amide bonds. The van der Waals surface area contributed by atoms with E-state index in [1.54, 1.807) is 6.07 Å². The van der Waals surface area contributed by atoms with Gasteiger partial charge in [0.05, 0.1) is 11.1 Å². The van der Waals surface area contributed by atoms with Gasteiger partial charge in [0.1, 0.15) is 35.7 Å². The van der Waals surface area contributed by atoms with Crippen LogP contribution in [0.4, 0.5) is 26.3 Å². The summed E-state index contributed by atoms with van der Waals surface area (Å²) in [6, 6.07) is 15.6. The van der Waals surface area contributed by atoms with Gasteiger partial charge >= 0.3 is 24.3 Å². The van der Waals surface area contributed by atoms with E-state index >= 15 is 0 Å². The summed E-state index contributed by atoms with van der Waals surface area (Å²) in [4.78, 5) is 70.5. The first kappa shape index (κ1) is 45.9. The monoisotopic (exact) mass is 928 g/mol. The number of nitrogens with one attached hydrogen (secondary N) is 2. The van der Waals surface area contributed by atoms with E-state index < -0.39 is 98.0 Å². The van der Waals surface area contributed by atoms with Gasteiger partial charge in [0.2, 0.25) is 9.48 Å². The Kier molecular flexibility index (Phi) is 13.7. The van der Waals surface area contributed by atoms with Crippen LogP contribution in [0.2, 0.25) is 10.0 Å². The number of carboxylic acid groups (broad SMARTS) is 2. The molecule has 2 heterocycles. The molecular weight excluding hydrogens is 905 g/mol. The number of carboxylic acids is 2. The van der Waals surface area contributed by atoms with Crippen molar-refractivity contribution < 1.29 is 65.9 Å². The van der Waals surface area contributed by atoms with Crippen LogP contribution < -0.4 is 20.1 Å². The Labute approximate surface area is 354 Å². The van der Waals surface area contributed by atoms with Gasteiger partial charge in [-0.05, 0) is 65.6 Å². The fraction of sp³-hybridized carbons (Fsp3) is 0.128. The van der Waals surface area contributed by atoms with Crippen molar-refractivity contribution >= 4 is 89.8 Å². The second-order valence-electron chi connectivity index (χ2n) is 12.6. The third-order valence-electron chi connectivity index (χ3n) is 8.36. The molecule has 0 aliphatic carbocycles. The molecule has 0 spiro atoms. The molecule has 0 aliphatic rings. The molecule has 0 saturated heterocycles. The number of hydrogen-bond donors (Lipinski definition) is 6. The highest BCUT2D eigenvalue weighted by Crippen LogP contribution is 2.43. The zero-order chi connectivity index (χ0) is 45.1. The number of aromatic hydroxyl groups is 2. The number of rotatable bonds is 9. The number of carbonyl (C=O) groups is 4. The van der Waals surface area contributed by atoms with E-state index in [4.69, 9.17) is 33.4 Å². The fourth-order valence-corrected chi connectivity index (χ4v) is 8.23. The van der Waals surface area contributed by atoms with Crippen LogP contribution in [0.3, 0.4) is 0 Å². The van der Waals surface area contributed by atoms with Crippen LogP contribution in [-0.4, -0.2) is 57.3 Å². The lowest BCUT2D eigenvalue weighted by Crippen LogP contribution is -2.32. The zero-order valence-corrected chi connectivity index (χ0v) is 33.3. The molecule has 0 bridgehead atoms. The first-order valence-electron chi connectivity index (χ1n) is 16.8. The second kappa shape index (κ2) is 18.2. The lowest BCUT2D eigenvalue weighted by atomic mass is 9.97. The lowest BCUT2D eigenvalue weighted by molar-refractivity contribution is -0.143. The molecule has 2 aromatic heterocycles. The molecule has 0 atom stereocenters. The van der Waals surface area contributed by atoms with Crippen LogP contribution >= 0.6 is 45.9 Å². The van der Waals surface area contributed by atoms with Gasteiger partial charge in [-0.1, -0.05) is 76.2 Å². The SMILES string of the molecule is O=C(O)CNC(=O)c1c(O)c2cc(Cl)cc(-c3cc(C(F)(F)F)cc(C(F)(F)F)c3)c2sc1=O.O=C(O)CNC(=O)c1c(O)c2cc(Cl)cc(Cc3ccccc3)c2sc1=O. The molecule has 0 radical (unpaired) electrons. The molecule has 22 heteroatoms. The first-order valence-corrected chi connectivity index (χ1v) is 19.2. The molecule has 0 aliphatic heterocycles. The average Bonchev–Trinajstić information content (AvgIpc) is 3.16. The van der Waals surface area contributed by atoms with Gasteiger partial charge < -0.3 is 31.1 Å². The smallest absolute Gasteiger partial charge is 0.416 e. The van der Waals surface area contributed by atoms with Gasteiger partial charge in [0.15, 0.2) is 0 Å². The highest BCUT2D eigenvalue weighted by Gasteiger charge is 2.37. The van der Waals surface area contributed by atoms with Crippen LogP contribution in [0.5, 0.6) is 11.5 Å². The van der Waals surface area contributed by atoms with E-state index in [1.807, 2.05) is 35.6 Å². The Bertz CT molecular complexity index is 2840. The van der Waals surface area contributed by atoms with Crippen molar-refractivity contribution in [3.63, 3.8) is 0 Å². The number of alkyl halides is 6. The average molecular weight is 930 g/mol. The molecule has 0 fully saturated rings. The molecule has 6 aromatic rings. The highest BCUT2D eigenvalue weighted by molar-refractivity contribution is 7.17. The van der Waals surface area contributed by atoms with Crippen LogP contribution in [0, 0.1) is 0 Å². The van der Waals surface area contributed by atoms with Gasteiger partial charge in [-0.15, -0.1) is 0 Å². The number of fused-ring (bicyclic) bond motifs is 2. The maximum absolute atomic E-state index is 13.3. The van der Waals surface area contributed by atoms with E-state index in [1.165, 1.54) is 6.07 Å². The van der Waals surface area contributed by atoms with Gasteiger partial charge in [-0.2, -0.15) is 26.3 Å². The number of amides is 2. The Morgan fingerprint density at radius 3 is 1.52 bits per heavy atom. The third-order valence-corrected chi connectivity index (χ3v) is 10.9. The second-order valence-corrected chi connectivity index (χ2v) is 15.4. The molecule has 4 aromatic carbocycles. The van der Waals surface area contributed by atoms with E-state index in [2.05, 4.69) is 5.32 Å². The minimum atomic E-state index is -5.13. The van der Waals surface area contributed by atoms with Crippen LogP contribution in [0.15, 0.2) is 82.4 Å². The molecular formula is C39H24Cl2F6N2O10S2. The van der Waals surface area contributed by atoms with Crippen LogP contribution in [-0.2, 0) is 28.4 Å². The normalized spacial score (nSPS) is 11.5. The van der Waals surface area contributed by atoms with Crippen LogP contribution in [0.1, 0.15) is 43.0 Å². The summed E-state index contributed by atoms with van der Waals surface area (Å²) in [5.41, 5.74) is -3.71. The molecule has 0 saturated carbocycles. The molecule has 0 unspecified atom stereocenters. The number of aliphatic carboxylic acids is 2. The summed E-state index contributed by atoms with van der Waals surface area (Å²) in [7, 11) is 0. The number of halogens is 8. The summed E-state index contributed by atoms with van der Waals surface area (Å²) in [6.07, 6.45) is -9.76. The standard InChI is InChI=1S/C20H10ClF6NO5S.C19H14ClNO5S/c21-10-4-11(7-1-8(19(22,23)24)3-9(2-7)20(25,26)27)16-12(5-10)15(31)14(18(33)34-16)17(32)28-6-13(29)30;20-12-7-11(6-10-4-2-1-3-5-10)17-13(8-12)16(24)15(19(26)27-17)18(25)21-9-14(22)23/h1-5,31H,6H2,(H,28,32)(H,29,30);1-5,7-8,24H,6,9H2,(H,21,25)(H,22,23). The predicted molar refractivity (Wildman–Crippen MR) is 214 cm³/mol. The highest BCUT2D eigenvalue weighted by atomic mass is 35.5. The summed E-state index contributed by atoms with van der Waals surface area (Å²) in [5.74, 6) is -6.36. The van der Waals surface area contributed by atoms with Crippen LogP contribution in [0.25, 0.3) is 31.3 Å². The quantitative estimate of drug-likeness (QED) is 0.0767. The largest absolute Gasteiger partial charge is 0.506 e. The minimum absolute atomic E-state index is 0.0684. The van der Waals surface area contributed by atoms with Gasteiger partial charge in [-0.25, -0.2) is 0 Å². The van der Waals surface area contributed by atoms with Crippen molar-refractivity contribution in [3.05, 3.63) is 135 Å². The van der Waals surface area contributed by atoms with E-state index in [9.17, 15) is 65.3 Å². The van der Waals surface area contributed by atoms with E-state index in [0.717, 1.165) is 34.6 Å². The van der Waals surface area contributed by atoms with Gasteiger partial charge in [-0.3, -0.25) is 28.8 Å². The molecule has 6 rings (SSSR count). The summed E-state index contributed by atoms with van der Waals surface area (Å²) in [5, 5.41) is 42.4. The Balaban J connectivity index is 0.000000237. The van der Waals surface area contributed by atoms with Gasteiger partial charge in [0.25, 0.3) is 11.8 Å². The maximum Gasteiger partial charge on any atom is 0.416 e. The van der Waals surface area contributed by atoms with Crippen molar-refractivity contribution in [1.82, 2.24) is 10.6 Å². The summed E-state index contributed by atoms with van der Waals surface area (Å²) in [6.45, 7) is -1.54. The molecule has 12 nitrogen and oxygen atoms in total. The fourth-order valence-electron chi connectivity index (χ4n) is 5.74. The Morgan fingerprint density at radius 1 is 0.623 bits per heavy atom. The van der Waals surface area contributed by atoms with Crippen molar-refractivity contribution in [1.29, 1.82) is 0 Å². The minimum Gasteiger partial charge on any atom is -0.506 e. The predicted octanol–water partition coefficient (Wildman–Crippen LogP) is 8.17. The van der Waals surface area contributed by atoms with Crippen molar-refractivity contribution in [2.45, 2.75) is 18.8 Å². The zero-order valence-electron chi connectivity index (χ0n) is 30.1. The molecule has 61 heavy (non-hydrogen) atoms. The topological polar surface area (TPSA) is 207 Å². The van der Waals surface area contributed by atoms with Crippen molar-refractivity contribution in [2.75, 3.05) is 13.1 Å². The molecule has 6 N–H and O–H groups in total. The number of carbonyl (C=O) groups excluding carboxylic acids is 2. The summed E-state index contributed by atoms with van der Waals surface area (Å²) < 4.78 is 78.2. The molecule has 318 valence electrons. The number of hydrogen-bond acceptors (Lipinski definition) is 10. The Hall–Kier alpha value is -6.22.